The van der Waals surface area contributed by atoms with E-state index in [0.29, 0.717) is 17.9 Å². The van der Waals surface area contributed by atoms with Crippen LogP contribution in [-0.2, 0) is 24.3 Å². The van der Waals surface area contributed by atoms with Crippen molar-refractivity contribution in [1.29, 1.82) is 0 Å². The molecule has 0 radical (unpaired) electrons. The summed E-state index contributed by atoms with van der Waals surface area (Å²) >= 11 is 0. The Bertz CT molecular complexity index is 677. The summed E-state index contributed by atoms with van der Waals surface area (Å²) in [5.74, 6) is -0.935. The molecular formula is C12H19N5O7S. The van der Waals surface area contributed by atoms with Crippen LogP contribution in [0.2, 0.25) is 0 Å². The fraction of sp³-hybridized carbons (Fsp3) is 0.750. The Labute approximate surface area is 143 Å². The van der Waals surface area contributed by atoms with Crippen molar-refractivity contribution >= 4 is 28.2 Å². The van der Waals surface area contributed by atoms with E-state index in [4.69, 9.17) is 4.55 Å². The Kier molecular flexibility index (Phi) is 4.81. The number of hydrazine groups is 1. The van der Waals surface area contributed by atoms with Gasteiger partial charge in [0.15, 0.2) is 0 Å². The summed E-state index contributed by atoms with van der Waals surface area (Å²) in [6, 6.07) is -2.63. The molecule has 4 N–H and O–H groups in total. The molecular weight excluding hydrogens is 358 g/mol. The molecule has 3 aliphatic heterocycles. The number of rotatable bonds is 4. The first-order chi connectivity index (χ1) is 11.8. The summed E-state index contributed by atoms with van der Waals surface area (Å²) in [7, 11) is -4.83. The first-order valence-corrected chi connectivity index (χ1v) is 9.23. The Morgan fingerprint density at radius 2 is 1.92 bits per heavy atom. The maximum absolute atomic E-state index is 12.3. The molecule has 0 aromatic carbocycles. The van der Waals surface area contributed by atoms with Gasteiger partial charge in [0.25, 0.3) is 11.8 Å². The Morgan fingerprint density at radius 3 is 2.56 bits per heavy atom. The van der Waals surface area contributed by atoms with Crippen molar-refractivity contribution in [3.8, 4) is 0 Å². The monoisotopic (exact) mass is 377 g/mol. The molecule has 12 nitrogen and oxygen atoms in total. The van der Waals surface area contributed by atoms with Crippen LogP contribution in [0.15, 0.2) is 0 Å². The van der Waals surface area contributed by atoms with Crippen molar-refractivity contribution in [1.82, 2.24) is 26.1 Å². The molecule has 0 aromatic heterocycles. The molecule has 0 unspecified atom stereocenters. The van der Waals surface area contributed by atoms with Gasteiger partial charge in [-0.05, 0) is 32.2 Å². The van der Waals surface area contributed by atoms with Crippen LogP contribution in [0.25, 0.3) is 0 Å². The molecule has 0 spiro atoms. The van der Waals surface area contributed by atoms with Crippen molar-refractivity contribution in [2.24, 2.45) is 0 Å². The van der Waals surface area contributed by atoms with E-state index in [1.54, 1.807) is 0 Å². The molecule has 4 amide bonds. The molecule has 0 aliphatic carbocycles. The molecule has 3 atom stereocenters. The van der Waals surface area contributed by atoms with Crippen molar-refractivity contribution in [3.05, 3.63) is 0 Å². The minimum atomic E-state index is -4.83. The van der Waals surface area contributed by atoms with Gasteiger partial charge in [0.05, 0.1) is 12.1 Å². The van der Waals surface area contributed by atoms with Gasteiger partial charge in [0.1, 0.15) is 6.04 Å². The molecule has 3 heterocycles. The highest BCUT2D eigenvalue weighted by atomic mass is 32.3. The predicted octanol–water partition coefficient (Wildman–Crippen LogP) is -2.11. The Morgan fingerprint density at radius 1 is 1.20 bits per heavy atom. The second-order valence-corrected chi connectivity index (χ2v) is 7.14. The van der Waals surface area contributed by atoms with E-state index in [2.05, 4.69) is 20.5 Å². The van der Waals surface area contributed by atoms with E-state index in [0.717, 1.165) is 17.9 Å². The molecule has 3 rings (SSSR count). The lowest BCUT2D eigenvalue weighted by atomic mass is 10.0. The van der Waals surface area contributed by atoms with Gasteiger partial charge >= 0.3 is 16.4 Å². The number of hydrogen-bond donors (Lipinski definition) is 4. The van der Waals surface area contributed by atoms with Gasteiger partial charge in [-0.25, -0.2) is 4.79 Å². The zero-order chi connectivity index (χ0) is 18.2. The average Bonchev–Trinajstić information content (AvgIpc) is 3.16. The third-order valence-electron chi connectivity index (χ3n) is 4.49. The van der Waals surface area contributed by atoms with Gasteiger partial charge in [-0.2, -0.15) is 13.5 Å². The van der Waals surface area contributed by atoms with Gasteiger partial charge in [0.2, 0.25) is 0 Å². The fourth-order valence-corrected chi connectivity index (χ4v) is 3.69. The van der Waals surface area contributed by atoms with E-state index < -0.39 is 34.4 Å². The lowest BCUT2D eigenvalue weighted by molar-refractivity contribution is -0.132. The highest BCUT2D eigenvalue weighted by molar-refractivity contribution is 7.80. The van der Waals surface area contributed by atoms with Crippen LogP contribution < -0.4 is 16.2 Å². The van der Waals surface area contributed by atoms with Crippen LogP contribution in [-0.4, -0.2) is 72.0 Å². The second-order valence-electron chi connectivity index (χ2n) is 6.14. The molecule has 2 bridgehead atoms. The topological polar surface area (TPSA) is 157 Å². The zero-order valence-corrected chi connectivity index (χ0v) is 14.0. The summed E-state index contributed by atoms with van der Waals surface area (Å²) in [6.07, 6.45) is 2.14. The molecule has 13 heteroatoms. The standard InChI is InChI=1S/C12H19N5O7S/c18-10(8-2-1-5-13-8)14-15-11(19)9-4-3-7-6-16(9)12(20)17(7)24-25(21,22)23/h7-9,13H,1-6H2,(H,14,18)(H,15,19)(H,21,22,23)/t7-,8-,9+/m1/s1. The smallest absolute Gasteiger partial charge is 0.309 e. The normalized spacial score (nSPS) is 29.0. The highest BCUT2D eigenvalue weighted by Crippen LogP contribution is 2.30. The van der Waals surface area contributed by atoms with E-state index in [1.165, 1.54) is 0 Å². The summed E-state index contributed by atoms with van der Waals surface area (Å²) < 4.78 is 34.7. The van der Waals surface area contributed by atoms with Crippen LogP contribution in [0, 0.1) is 0 Å². The van der Waals surface area contributed by atoms with Gasteiger partial charge in [0, 0.05) is 6.54 Å². The number of nitrogens with one attached hydrogen (secondary N) is 3. The van der Waals surface area contributed by atoms with E-state index >= 15 is 0 Å². The van der Waals surface area contributed by atoms with Crippen LogP contribution in [0.3, 0.4) is 0 Å². The summed E-state index contributed by atoms with van der Waals surface area (Å²) in [5, 5.41) is 3.55. The number of hydrogen-bond acceptors (Lipinski definition) is 7. The van der Waals surface area contributed by atoms with Crippen LogP contribution in [0.1, 0.15) is 25.7 Å². The van der Waals surface area contributed by atoms with Gasteiger partial charge in [-0.3, -0.25) is 25.0 Å². The van der Waals surface area contributed by atoms with E-state index in [1.807, 2.05) is 0 Å². The lowest BCUT2D eigenvalue weighted by Crippen LogP contribution is -2.56. The highest BCUT2D eigenvalue weighted by Gasteiger charge is 2.49. The Balaban J connectivity index is 1.57. The number of amides is 4. The maximum Gasteiger partial charge on any atom is 0.418 e. The number of carbonyl (C=O) groups is 3. The quantitative estimate of drug-likeness (QED) is 0.320. The van der Waals surface area contributed by atoms with Crippen molar-refractivity contribution in [3.63, 3.8) is 0 Å². The summed E-state index contributed by atoms with van der Waals surface area (Å²) in [4.78, 5) is 37.5. The number of piperidine rings is 1. The molecule has 0 aromatic rings. The molecule has 3 fully saturated rings. The van der Waals surface area contributed by atoms with Crippen LogP contribution >= 0.6 is 0 Å². The second kappa shape index (κ2) is 6.74. The first-order valence-electron chi connectivity index (χ1n) is 7.86. The van der Waals surface area contributed by atoms with Crippen molar-refractivity contribution in [2.75, 3.05) is 13.1 Å². The average molecular weight is 377 g/mol. The Hall–Kier alpha value is -1.96. The number of hydroxylamine groups is 2. The predicted molar refractivity (Wildman–Crippen MR) is 80.7 cm³/mol. The number of fused-ring (bicyclic) bond motifs is 2. The molecule has 3 aliphatic rings. The maximum atomic E-state index is 12.3. The van der Waals surface area contributed by atoms with Crippen molar-refractivity contribution < 1.29 is 31.6 Å². The van der Waals surface area contributed by atoms with Crippen LogP contribution in [0.4, 0.5) is 4.79 Å². The third-order valence-corrected chi connectivity index (χ3v) is 4.83. The molecule has 3 saturated heterocycles. The SMILES string of the molecule is O=C(NNC(=O)[C@@H]1CC[C@@H]2CN1C(=O)N2OS(=O)(=O)O)[C@H]1CCCN1. The summed E-state index contributed by atoms with van der Waals surface area (Å²) in [6.45, 7) is 0.826. The van der Waals surface area contributed by atoms with Gasteiger partial charge in [-0.15, -0.1) is 4.28 Å². The summed E-state index contributed by atoms with van der Waals surface area (Å²) in [5.41, 5.74) is 4.62. The number of carbonyl (C=O) groups excluding carboxylic acids is 3. The molecule has 0 saturated carbocycles. The van der Waals surface area contributed by atoms with E-state index in [-0.39, 0.29) is 24.9 Å². The lowest BCUT2D eigenvalue weighted by Gasteiger charge is -2.29. The third kappa shape index (κ3) is 3.84. The van der Waals surface area contributed by atoms with Gasteiger partial charge < -0.3 is 10.2 Å². The largest absolute Gasteiger partial charge is 0.418 e. The first kappa shape index (κ1) is 17.8. The van der Waals surface area contributed by atoms with Crippen molar-refractivity contribution in [2.45, 2.75) is 43.8 Å². The number of urea groups is 1. The zero-order valence-electron chi connectivity index (χ0n) is 13.2. The van der Waals surface area contributed by atoms with Crippen LogP contribution in [0.5, 0.6) is 0 Å². The minimum absolute atomic E-state index is 0.0879. The van der Waals surface area contributed by atoms with Gasteiger partial charge in [-0.1, -0.05) is 0 Å². The molecule has 25 heavy (non-hydrogen) atoms. The fourth-order valence-electron chi connectivity index (χ4n) is 3.31. The number of nitrogens with zero attached hydrogens (tertiary/aromatic N) is 2. The minimum Gasteiger partial charge on any atom is -0.309 e. The molecule has 140 valence electrons. The van der Waals surface area contributed by atoms with E-state index in [9.17, 15) is 22.8 Å².